The first-order chi connectivity index (χ1) is 11.9. The number of hydrogen-bond donors (Lipinski definition) is 0. The second kappa shape index (κ2) is 7.19. The summed E-state index contributed by atoms with van der Waals surface area (Å²) in [5.74, 6) is 0.497. The highest BCUT2D eigenvalue weighted by Crippen LogP contribution is 2.29. The first-order valence-corrected chi connectivity index (χ1v) is 8.62. The molecule has 3 rings (SSSR count). The first kappa shape index (κ1) is 17.4. The summed E-state index contributed by atoms with van der Waals surface area (Å²) in [7, 11) is 0. The van der Waals surface area contributed by atoms with E-state index in [0.717, 1.165) is 19.4 Å². The lowest BCUT2D eigenvalue weighted by molar-refractivity contribution is -0.385. The number of aromatic nitrogens is 1. The first-order valence-electron chi connectivity index (χ1n) is 8.62. The molecule has 1 saturated carbocycles. The van der Waals surface area contributed by atoms with Gasteiger partial charge in [0.25, 0.3) is 11.2 Å². The van der Waals surface area contributed by atoms with E-state index in [1.807, 2.05) is 0 Å². The molecule has 0 aliphatic heterocycles. The zero-order valence-corrected chi connectivity index (χ0v) is 14.6. The van der Waals surface area contributed by atoms with Gasteiger partial charge >= 0.3 is 0 Å². The molecule has 0 saturated heterocycles. The Kier molecular flexibility index (Phi) is 4.99. The van der Waals surface area contributed by atoms with Crippen LogP contribution in [0.2, 0.25) is 0 Å². The highest BCUT2D eigenvalue weighted by atomic mass is 16.6. The summed E-state index contributed by atoms with van der Waals surface area (Å²) in [5.41, 5.74) is 2.22. The van der Waals surface area contributed by atoms with Gasteiger partial charge in [-0.3, -0.25) is 24.4 Å². The molecular formula is C19H23N3O3. The number of nitrogens with zero attached hydrogens (tertiary/aromatic N) is 3. The van der Waals surface area contributed by atoms with Gasteiger partial charge in [-0.05, 0) is 29.9 Å². The molecule has 0 unspecified atom stereocenters. The number of benzene rings is 1. The molecule has 1 aromatic carbocycles. The van der Waals surface area contributed by atoms with Crippen LogP contribution in [-0.4, -0.2) is 20.4 Å². The lowest BCUT2D eigenvalue weighted by atomic mass is 10.0. The third kappa shape index (κ3) is 4.33. The molecule has 0 bridgehead atoms. The Balaban J connectivity index is 1.77. The van der Waals surface area contributed by atoms with Crippen molar-refractivity contribution in [2.75, 3.05) is 0 Å². The van der Waals surface area contributed by atoms with E-state index in [4.69, 9.17) is 0 Å². The van der Waals surface area contributed by atoms with Gasteiger partial charge in [-0.15, -0.1) is 0 Å². The van der Waals surface area contributed by atoms with Crippen molar-refractivity contribution in [3.8, 4) is 0 Å². The van der Waals surface area contributed by atoms with E-state index in [9.17, 15) is 14.9 Å². The minimum Gasteiger partial charge on any atom is -0.295 e. The number of hydrogen-bond acceptors (Lipinski definition) is 4. The molecule has 0 spiro atoms. The average molecular weight is 341 g/mol. The lowest BCUT2D eigenvalue weighted by Crippen LogP contribution is -2.33. The normalized spacial score (nSPS) is 14.2. The van der Waals surface area contributed by atoms with Crippen LogP contribution >= 0.6 is 0 Å². The summed E-state index contributed by atoms with van der Waals surface area (Å²) >= 11 is 0. The van der Waals surface area contributed by atoms with Crippen LogP contribution in [0.4, 0.5) is 5.69 Å². The van der Waals surface area contributed by atoms with Crippen LogP contribution in [0.25, 0.3) is 0 Å². The smallest absolute Gasteiger partial charge is 0.285 e. The van der Waals surface area contributed by atoms with Crippen molar-refractivity contribution >= 4 is 5.69 Å². The largest absolute Gasteiger partial charge is 0.295 e. The second-order valence-electron chi connectivity index (χ2n) is 6.97. The van der Waals surface area contributed by atoms with E-state index in [1.54, 1.807) is 0 Å². The lowest BCUT2D eigenvalue weighted by Gasteiger charge is -2.23. The molecule has 1 fully saturated rings. The van der Waals surface area contributed by atoms with Crippen LogP contribution in [0, 0.1) is 10.1 Å². The van der Waals surface area contributed by atoms with Crippen LogP contribution in [0.1, 0.15) is 43.7 Å². The molecule has 0 N–H and O–H groups in total. The molecule has 6 nitrogen and oxygen atoms in total. The fourth-order valence-electron chi connectivity index (χ4n) is 2.91. The Labute approximate surface area is 146 Å². The molecule has 6 heteroatoms. The van der Waals surface area contributed by atoms with Crippen LogP contribution in [0.15, 0.2) is 47.4 Å². The maximum absolute atomic E-state index is 12.1. The van der Waals surface area contributed by atoms with E-state index in [1.165, 1.54) is 34.0 Å². The second-order valence-corrected chi connectivity index (χ2v) is 6.97. The van der Waals surface area contributed by atoms with Gasteiger partial charge in [-0.25, -0.2) is 0 Å². The van der Waals surface area contributed by atoms with Gasteiger partial charge < -0.3 is 0 Å². The van der Waals surface area contributed by atoms with Crippen LogP contribution in [0.5, 0.6) is 0 Å². The van der Waals surface area contributed by atoms with Gasteiger partial charge in [0.15, 0.2) is 0 Å². The van der Waals surface area contributed by atoms with E-state index >= 15 is 0 Å². The standard InChI is InChI=1S/C19H23N3O3/c1-14(2)16-5-3-15(4-6-16)11-20(17-7-8-17)13-21-12-18(22(24)25)9-10-19(21)23/h3-6,9-10,12,14,17H,7-8,11,13H2,1-2H3. The SMILES string of the molecule is CC(C)c1ccc(CN(Cn2cc([N+](=O)[O-])ccc2=O)C2CC2)cc1. The van der Waals surface area contributed by atoms with Crippen molar-refractivity contribution in [2.24, 2.45) is 0 Å². The Bertz CT molecular complexity index is 807. The average Bonchev–Trinajstić information content (AvgIpc) is 3.41. The molecule has 1 aliphatic rings. The molecule has 0 radical (unpaired) electrons. The third-order valence-electron chi connectivity index (χ3n) is 4.61. The summed E-state index contributed by atoms with van der Waals surface area (Å²) in [6, 6.07) is 11.5. The van der Waals surface area contributed by atoms with E-state index < -0.39 is 4.92 Å². The minimum absolute atomic E-state index is 0.0587. The Morgan fingerprint density at radius 2 is 1.88 bits per heavy atom. The fraction of sp³-hybridized carbons (Fsp3) is 0.421. The van der Waals surface area contributed by atoms with Crippen molar-refractivity contribution in [1.29, 1.82) is 0 Å². The van der Waals surface area contributed by atoms with Crippen molar-refractivity contribution in [2.45, 2.75) is 51.9 Å². The summed E-state index contributed by atoms with van der Waals surface area (Å²) in [6.07, 6.45) is 3.54. The molecule has 0 atom stereocenters. The topological polar surface area (TPSA) is 68.4 Å². The van der Waals surface area contributed by atoms with Crippen LogP contribution < -0.4 is 5.56 Å². The molecule has 132 valence electrons. The van der Waals surface area contributed by atoms with E-state index in [0.29, 0.717) is 18.6 Å². The third-order valence-corrected chi connectivity index (χ3v) is 4.61. The number of nitro groups is 1. The highest BCUT2D eigenvalue weighted by Gasteiger charge is 2.29. The van der Waals surface area contributed by atoms with Crippen LogP contribution in [0.3, 0.4) is 0 Å². The van der Waals surface area contributed by atoms with E-state index in [2.05, 4.69) is 43.0 Å². The van der Waals surface area contributed by atoms with Gasteiger partial charge in [0.2, 0.25) is 0 Å². The van der Waals surface area contributed by atoms with Crippen molar-refractivity contribution in [3.05, 3.63) is 74.2 Å². The van der Waals surface area contributed by atoms with Crippen molar-refractivity contribution in [1.82, 2.24) is 9.47 Å². The summed E-state index contributed by atoms with van der Waals surface area (Å²) < 4.78 is 1.43. The molecule has 1 heterocycles. The molecule has 25 heavy (non-hydrogen) atoms. The maximum Gasteiger partial charge on any atom is 0.285 e. The van der Waals surface area contributed by atoms with Crippen molar-refractivity contribution in [3.63, 3.8) is 0 Å². The number of pyridine rings is 1. The van der Waals surface area contributed by atoms with Gasteiger partial charge in [0.1, 0.15) is 0 Å². The minimum atomic E-state index is -0.470. The molecule has 0 amide bonds. The summed E-state index contributed by atoms with van der Waals surface area (Å²) in [6.45, 7) is 5.44. The fourth-order valence-corrected chi connectivity index (χ4v) is 2.91. The van der Waals surface area contributed by atoms with Gasteiger partial charge in [-0.2, -0.15) is 0 Å². The van der Waals surface area contributed by atoms with Gasteiger partial charge in [-0.1, -0.05) is 38.1 Å². The predicted octanol–water partition coefficient (Wildman–Crippen LogP) is 3.50. The van der Waals surface area contributed by atoms with E-state index in [-0.39, 0.29) is 11.2 Å². The Morgan fingerprint density at radius 1 is 1.20 bits per heavy atom. The molecular weight excluding hydrogens is 318 g/mol. The zero-order chi connectivity index (χ0) is 18.0. The maximum atomic E-state index is 12.1. The van der Waals surface area contributed by atoms with Crippen molar-refractivity contribution < 1.29 is 4.92 Å². The number of rotatable bonds is 7. The van der Waals surface area contributed by atoms with Gasteiger partial charge in [0, 0.05) is 24.7 Å². The highest BCUT2D eigenvalue weighted by molar-refractivity contribution is 5.26. The quantitative estimate of drug-likeness (QED) is 0.571. The summed E-state index contributed by atoms with van der Waals surface area (Å²) in [4.78, 5) is 24.8. The Morgan fingerprint density at radius 3 is 2.44 bits per heavy atom. The van der Waals surface area contributed by atoms with Gasteiger partial charge in [0.05, 0.1) is 17.8 Å². The monoisotopic (exact) mass is 341 g/mol. The predicted molar refractivity (Wildman–Crippen MR) is 96.5 cm³/mol. The zero-order valence-electron chi connectivity index (χ0n) is 14.6. The molecule has 1 aromatic heterocycles. The van der Waals surface area contributed by atoms with Crippen LogP contribution in [-0.2, 0) is 13.2 Å². The Hall–Kier alpha value is -2.47. The summed E-state index contributed by atoms with van der Waals surface area (Å²) in [5, 5.41) is 11.0. The molecule has 1 aliphatic carbocycles. The molecule has 2 aromatic rings.